The molecule has 2 aliphatic rings. The van der Waals surface area contributed by atoms with E-state index in [4.69, 9.17) is 31.9 Å². The van der Waals surface area contributed by atoms with Crippen LogP contribution in [0.3, 0.4) is 0 Å². The van der Waals surface area contributed by atoms with Gasteiger partial charge in [0.15, 0.2) is 22.7 Å². The Morgan fingerprint density at radius 1 is 0.875 bits per heavy atom. The van der Waals surface area contributed by atoms with E-state index in [9.17, 15) is 14.6 Å². The second-order valence-corrected chi connectivity index (χ2v) is 27.0. The lowest BCUT2D eigenvalue weighted by Gasteiger charge is -2.41. The van der Waals surface area contributed by atoms with Gasteiger partial charge >= 0.3 is 8.25 Å². The van der Waals surface area contributed by atoms with Crippen molar-refractivity contribution in [3.63, 3.8) is 0 Å². The topological polar surface area (TPSA) is 125 Å². The first-order chi connectivity index (χ1) is 17.9. The molecule has 0 aromatic heterocycles. The van der Waals surface area contributed by atoms with Crippen molar-refractivity contribution in [2.75, 3.05) is 19.9 Å². The van der Waals surface area contributed by atoms with Gasteiger partial charge in [-0.25, -0.2) is 0 Å². The van der Waals surface area contributed by atoms with Gasteiger partial charge in [-0.3, -0.25) is 0 Å². The summed E-state index contributed by atoms with van der Waals surface area (Å²) in [5.74, 6) is 0. The van der Waals surface area contributed by atoms with Crippen LogP contribution in [0.2, 0.25) is 36.3 Å². The van der Waals surface area contributed by atoms with E-state index in [1.807, 2.05) is 13.8 Å². The Kier molecular flexibility index (Phi) is 12.1. The molecule has 2 saturated heterocycles. The van der Waals surface area contributed by atoms with Crippen LogP contribution in [0, 0.1) is 0 Å². The molecule has 0 saturated carbocycles. The minimum Gasteiger partial charge on any atom is -0.566 e. The van der Waals surface area contributed by atoms with Gasteiger partial charge < -0.3 is 37.4 Å². The smallest absolute Gasteiger partial charge is 0.488 e. The molecule has 0 aromatic carbocycles. The average Bonchev–Trinajstić information content (AvgIpc) is 3.20. The highest BCUT2D eigenvalue weighted by atomic mass is 31.2. The molecule has 40 heavy (non-hydrogen) atoms. The zero-order valence-electron chi connectivity index (χ0n) is 26.8. The van der Waals surface area contributed by atoms with Crippen LogP contribution in [0.15, 0.2) is 0 Å². The number of aliphatic hydroxyl groups is 1. The Morgan fingerprint density at radius 2 is 1.30 bits per heavy atom. The van der Waals surface area contributed by atoms with Gasteiger partial charge in [-0.05, 0) is 54.7 Å². The van der Waals surface area contributed by atoms with Gasteiger partial charge in [-0.2, -0.15) is 0 Å². The minimum atomic E-state index is -3.14. The Labute approximate surface area is 245 Å². The summed E-state index contributed by atoms with van der Waals surface area (Å²) in [7, 11) is -10.3. The lowest BCUT2D eigenvalue weighted by Crippen LogP contribution is -2.50. The summed E-state index contributed by atoms with van der Waals surface area (Å²) >= 11 is 0. The summed E-state index contributed by atoms with van der Waals surface area (Å²) in [5.41, 5.74) is 0. The van der Waals surface area contributed by atoms with E-state index < -0.39 is 75.0 Å². The molecule has 2 rings (SSSR count). The van der Waals surface area contributed by atoms with E-state index in [0.29, 0.717) is 0 Å². The first kappa shape index (κ1) is 36.7. The maximum Gasteiger partial charge on any atom is 0.488 e. The summed E-state index contributed by atoms with van der Waals surface area (Å²) in [6, 6.07) is 0. The van der Waals surface area contributed by atoms with Gasteiger partial charge in [0, 0.05) is 6.66 Å². The number of rotatable bonds is 12. The standard InChI is InChI=1S/C26H54O10P2Si2/c1-17-21(35-39(11,12)25(3,4)5)23(33-37(28)29)20(32-17)16-30-38(9,10)34-24-19(15-27)31-18(2)22(24)36-40(13,14)26(6,7)8/h17-24,27H,9,15-16H2,1-8,10-14H3/t17-,18-,19+,20+,21+,22+,23?,24?,38?/m0/s1. The van der Waals surface area contributed by atoms with Crippen molar-refractivity contribution in [1.82, 2.24) is 0 Å². The quantitative estimate of drug-likeness (QED) is 0.228. The van der Waals surface area contributed by atoms with E-state index in [1.54, 1.807) is 6.66 Å². The van der Waals surface area contributed by atoms with Gasteiger partial charge in [-0.1, -0.05) is 47.8 Å². The Bertz CT molecular complexity index is 920. The van der Waals surface area contributed by atoms with Crippen LogP contribution >= 0.6 is 15.6 Å². The SMILES string of the molecule is C=P(C)(OC[C@H]1O[C@@H](C)[C@@H](O[Si](C)(C)C(C)(C)C)C1O[P+](=O)[O-])OC1[C@@H](CO)O[C@@H](C)[C@H]1O[Si](C)(C)C(C)(C)C. The Balaban J connectivity index is 2.19. The first-order valence-corrected chi connectivity index (χ1v) is 23.2. The van der Waals surface area contributed by atoms with Crippen molar-refractivity contribution in [2.24, 2.45) is 0 Å². The third kappa shape index (κ3) is 9.00. The molecule has 4 unspecified atom stereocenters. The van der Waals surface area contributed by atoms with Crippen molar-refractivity contribution < 1.29 is 46.5 Å². The fraction of sp³-hybridized carbons (Fsp3) is 0.962. The summed E-state index contributed by atoms with van der Waals surface area (Å²) in [6.45, 7) is 26.7. The molecule has 2 aliphatic heterocycles. The van der Waals surface area contributed by atoms with Gasteiger partial charge in [0.2, 0.25) is 0 Å². The third-order valence-electron chi connectivity index (χ3n) is 8.80. The highest BCUT2D eigenvalue weighted by Gasteiger charge is 2.53. The molecule has 0 aliphatic carbocycles. The molecule has 10 nitrogen and oxygen atoms in total. The van der Waals surface area contributed by atoms with Crippen molar-refractivity contribution in [3.05, 3.63) is 0 Å². The zero-order valence-corrected chi connectivity index (χ0v) is 30.5. The average molecular weight is 645 g/mol. The number of hydrogen-bond acceptors (Lipinski definition) is 10. The predicted octanol–water partition coefficient (Wildman–Crippen LogP) is 5.05. The lowest BCUT2D eigenvalue weighted by atomic mass is 10.1. The molecule has 1 N–H and O–H groups in total. The van der Waals surface area contributed by atoms with Crippen LogP contribution < -0.4 is 4.89 Å². The molecular weight excluding hydrogens is 590 g/mol. The van der Waals surface area contributed by atoms with Gasteiger partial charge in [0.25, 0.3) is 0 Å². The van der Waals surface area contributed by atoms with Gasteiger partial charge in [0.1, 0.15) is 37.9 Å². The highest BCUT2D eigenvalue weighted by molar-refractivity contribution is 7.63. The van der Waals surface area contributed by atoms with Crippen molar-refractivity contribution in [1.29, 1.82) is 0 Å². The number of ether oxygens (including phenoxy) is 2. The van der Waals surface area contributed by atoms with E-state index in [1.165, 1.54) is 0 Å². The molecule has 0 aromatic rings. The summed E-state index contributed by atoms with van der Waals surface area (Å²) in [4.78, 5) is 11.7. The summed E-state index contributed by atoms with van der Waals surface area (Å²) in [6.07, 6.45) is -0.137. The maximum absolute atomic E-state index is 11.7. The van der Waals surface area contributed by atoms with E-state index >= 15 is 0 Å². The number of hydrogen-bond donors (Lipinski definition) is 1. The lowest BCUT2D eigenvalue weighted by molar-refractivity contribution is -0.193. The molecule has 0 amide bonds. The molecule has 236 valence electrons. The highest BCUT2D eigenvalue weighted by Crippen LogP contribution is 2.50. The molecule has 0 radical (unpaired) electrons. The molecule has 10 atom stereocenters. The molecule has 14 heteroatoms. The van der Waals surface area contributed by atoms with Gasteiger partial charge in [-0.15, -0.1) is 4.52 Å². The van der Waals surface area contributed by atoms with Crippen LogP contribution in [-0.2, 0) is 36.5 Å². The minimum absolute atomic E-state index is 0.00397. The van der Waals surface area contributed by atoms with Crippen LogP contribution in [0.5, 0.6) is 0 Å². The second kappa shape index (κ2) is 13.2. The predicted molar refractivity (Wildman–Crippen MR) is 163 cm³/mol. The van der Waals surface area contributed by atoms with Crippen molar-refractivity contribution in [3.8, 4) is 0 Å². The first-order valence-electron chi connectivity index (χ1n) is 14.0. The summed E-state index contributed by atoms with van der Waals surface area (Å²) in [5, 5.41) is 9.95. The second-order valence-electron chi connectivity index (χ2n) is 14.3. The van der Waals surface area contributed by atoms with Gasteiger partial charge in [0.05, 0.1) is 25.4 Å². The van der Waals surface area contributed by atoms with E-state index in [2.05, 4.69) is 74.0 Å². The van der Waals surface area contributed by atoms with Crippen LogP contribution in [0.1, 0.15) is 55.4 Å². The summed E-state index contributed by atoms with van der Waals surface area (Å²) < 4.78 is 55.1. The van der Waals surface area contributed by atoms with E-state index in [-0.39, 0.29) is 29.4 Å². The largest absolute Gasteiger partial charge is 0.566 e. The zero-order chi connectivity index (χ0) is 31.1. The maximum atomic E-state index is 11.7. The fourth-order valence-electron chi connectivity index (χ4n) is 4.33. The van der Waals surface area contributed by atoms with E-state index in [0.717, 1.165) is 0 Å². The monoisotopic (exact) mass is 644 g/mol. The fourth-order valence-corrected chi connectivity index (χ4v) is 8.80. The van der Waals surface area contributed by atoms with Crippen molar-refractivity contribution in [2.45, 2.75) is 140 Å². The molecule has 2 fully saturated rings. The molecule has 0 spiro atoms. The van der Waals surface area contributed by atoms with Crippen LogP contribution in [-0.4, -0.2) is 96.8 Å². The van der Waals surface area contributed by atoms with Crippen molar-refractivity contribution >= 4 is 38.5 Å². The molecule has 2 heterocycles. The molecule has 0 bridgehead atoms. The van der Waals surface area contributed by atoms with Crippen LogP contribution in [0.4, 0.5) is 0 Å². The van der Waals surface area contributed by atoms with Crippen LogP contribution in [0.25, 0.3) is 0 Å². The third-order valence-corrected chi connectivity index (χ3v) is 19.6. The normalized spacial score (nSPS) is 34.2. The number of aliphatic hydroxyl groups excluding tert-OH is 1. The Morgan fingerprint density at radius 3 is 1.70 bits per heavy atom. The molecular formula is C26H54O10P2Si2. The Hall–Kier alpha value is 0.474.